The molecule has 0 saturated heterocycles. The number of hydrogen-bond acceptors (Lipinski definition) is 2. The minimum atomic E-state index is -0.945. The number of pyridine rings is 1. The van der Waals surface area contributed by atoms with Crippen molar-refractivity contribution in [2.24, 2.45) is 0 Å². The lowest BCUT2D eigenvalue weighted by Crippen LogP contribution is -2.05. The van der Waals surface area contributed by atoms with Crippen LogP contribution in [0.15, 0.2) is 12.3 Å². The second-order valence-electron chi connectivity index (χ2n) is 2.86. The van der Waals surface area contributed by atoms with Gasteiger partial charge in [-0.3, -0.25) is 0 Å². The van der Waals surface area contributed by atoms with E-state index in [9.17, 15) is 4.79 Å². The first kappa shape index (κ1) is 9.71. The summed E-state index contributed by atoms with van der Waals surface area (Å²) in [4.78, 5) is 14.6. The lowest BCUT2D eigenvalue weighted by molar-refractivity contribution is 0.0689. The van der Waals surface area contributed by atoms with Gasteiger partial charge in [-0.25, -0.2) is 9.78 Å². The normalized spacial score (nSPS) is 10.0. The predicted octanol–water partition coefficient (Wildman–Crippen LogP) is 1.90. The van der Waals surface area contributed by atoms with Crippen LogP contribution in [0.25, 0.3) is 0 Å². The lowest BCUT2D eigenvalue weighted by atomic mass is 10.1. The highest BCUT2D eigenvalue weighted by Crippen LogP contribution is 2.10. The summed E-state index contributed by atoms with van der Waals surface area (Å²) in [5, 5.41) is 8.80. The van der Waals surface area contributed by atoms with Crippen molar-refractivity contribution in [2.45, 2.75) is 26.7 Å². The molecule has 0 aliphatic carbocycles. The minimum Gasteiger partial charge on any atom is -0.477 e. The predicted molar refractivity (Wildman–Crippen MR) is 50.0 cm³/mol. The van der Waals surface area contributed by atoms with Crippen LogP contribution in [0.5, 0.6) is 0 Å². The Labute approximate surface area is 77.4 Å². The maximum atomic E-state index is 10.7. The van der Waals surface area contributed by atoms with Gasteiger partial charge in [-0.1, -0.05) is 19.9 Å². The molecule has 0 saturated carbocycles. The smallest absolute Gasteiger partial charge is 0.354 e. The number of hydrogen-bond donors (Lipinski definition) is 1. The summed E-state index contributed by atoms with van der Waals surface area (Å²) >= 11 is 0. The number of aromatic nitrogens is 1. The van der Waals surface area contributed by atoms with Crippen LogP contribution in [-0.4, -0.2) is 16.1 Å². The van der Waals surface area contributed by atoms with Crippen LogP contribution in [-0.2, 0) is 12.8 Å². The molecule has 1 N–H and O–H groups in total. The van der Waals surface area contributed by atoms with Crippen molar-refractivity contribution in [2.75, 3.05) is 0 Å². The van der Waals surface area contributed by atoms with Gasteiger partial charge in [0.05, 0.1) is 0 Å². The largest absolute Gasteiger partial charge is 0.477 e. The molecule has 1 aromatic heterocycles. The standard InChI is InChI=1S/C10H13NO2/c1-3-7-5-8(4-2)9(10(12)13)11-6-7/h5-6H,3-4H2,1-2H3,(H,12,13). The van der Waals surface area contributed by atoms with Crippen LogP contribution in [0, 0.1) is 0 Å². The number of nitrogens with zero attached hydrogens (tertiary/aromatic N) is 1. The highest BCUT2D eigenvalue weighted by atomic mass is 16.4. The molecule has 0 spiro atoms. The Balaban J connectivity index is 3.15. The molecule has 0 aliphatic rings. The van der Waals surface area contributed by atoms with Crippen LogP contribution in [0.1, 0.15) is 35.5 Å². The molecule has 70 valence electrons. The Morgan fingerprint density at radius 2 is 2.15 bits per heavy atom. The van der Waals surface area contributed by atoms with Gasteiger partial charge in [-0.05, 0) is 24.0 Å². The maximum absolute atomic E-state index is 10.7. The van der Waals surface area contributed by atoms with Crippen LogP contribution in [0.4, 0.5) is 0 Å². The van der Waals surface area contributed by atoms with E-state index in [1.165, 1.54) is 0 Å². The highest BCUT2D eigenvalue weighted by molar-refractivity contribution is 5.87. The first-order valence-corrected chi connectivity index (χ1v) is 4.40. The number of carbonyl (C=O) groups is 1. The average molecular weight is 179 g/mol. The molecular weight excluding hydrogens is 166 g/mol. The quantitative estimate of drug-likeness (QED) is 0.771. The van der Waals surface area contributed by atoms with E-state index in [0.29, 0.717) is 6.42 Å². The third kappa shape index (κ3) is 2.05. The van der Waals surface area contributed by atoms with Gasteiger partial charge in [0.25, 0.3) is 0 Å². The van der Waals surface area contributed by atoms with E-state index < -0.39 is 5.97 Å². The van der Waals surface area contributed by atoms with Gasteiger partial charge in [-0.2, -0.15) is 0 Å². The van der Waals surface area contributed by atoms with Gasteiger partial charge in [0, 0.05) is 6.20 Å². The molecule has 1 aromatic rings. The lowest BCUT2D eigenvalue weighted by Gasteiger charge is -2.04. The van der Waals surface area contributed by atoms with Gasteiger partial charge >= 0.3 is 5.97 Å². The van der Waals surface area contributed by atoms with E-state index in [1.54, 1.807) is 6.20 Å². The van der Waals surface area contributed by atoms with Crippen LogP contribution in [0.3, 0.4) is 0 Å². The number of rotatable bonds is 3. The summed E-state index contributed by atoms with van der Waals surface area (Å²) < 4.78 is 0. The summed E-state index contributed by atoms with van der Waals surface area (Å²) in [6.07, 6.45) is 3.23. The zero-order valence-corrected chi connectivity index (χ0v) is 7.87. The number of carboxylic acids is 1. The zero-order valence-electron chi connectivity index (χ0n) is 7.87. The SMILES string of the molecule is CCc1cnc(C(=O)O)c(CC)c1. The maximum Gasteiger partial charge on any atom is 0.354 e. The highest BCUT2D eigenvalue weighted by Gasteiger charge is 2.10. The van der Waals surface area contributed by atoms with Crippen molar-refractivity contribution in [1.82, 2.24) is 4.98 Å². The Hall–Kier alpha value is -1.38. The second kappa shape index (κ2) is 4.03. The van der Waals surface area contributed by atoms with Gasteiger partial charge in [-0.15, -0.1) is 0 Å². The van der Waals surface area contributed by atoms with Crippen molar-refractivity contribution in [3.8, 4) is 0 Å². The first-order valence-electron chi connectivity index (χ1n) is 4.40. The fourth-order valence-electron chi connectivity index (χ4n) is 1.22. The molecule has 3 nitrogen and oxygen atoms in total. The first-order chi connectivity index (χ1) is 6.19. The van der Waals surface area contributed by atoms with E-state index in [2.05, 4.69) is 4.98 Å². The van der Waals surface area contributed by atoms with Crippen molar-refractivity contribution in [3.05, 3.63) is 29.1 Å². The molecule has 1 heterocycles. The van der Waals surface area contributed by atoms with E-state index >= 15 is 0 Å². The van der Waals surface area contributed by atoms with Gasteiger partial charge < -0.3 is 5.11 Å². The Morgan fingerprint density at radius 1 is 1.46 bits per heavy atom. The van der Waals surface area contributed by atoms with Gasteiger partial charge in [0.15, 0.2) is 5.69 Å². The molecule has 0 fully saturated rings. The van der Waals surface area contributed by atoms with Gasteiger partial charge in [0.2, 0.25) is 0 Å². The second-order valence-corrected chi connectivity index (χ2v) is 2.86. The molecule has 3 heteroatoms. The summed E-state index contributed by atoms with van der Waals surface area (Å²) in [6.45, 7) is 3.96. The summed E-state index contributed by atoms with van der Waals surface area (Å²) in [5.74, 6) is -0.945. The molecular formula is C10H13NO2. The molecule has 0 atom stereocenters. The molecule has 0 amide bonds. The van der Waals surface area contributed by atoms with Crippen LogP contribution >= 0.6 is 0 Å². The molecule has 1 rings (SSSR count). The average Bonchev–Trinajstić information content (AvgIpc) is 2.16. The summed E-state index contributed by atoms with van der Waals surface area (Å²) in [6, 6.07) is 1.91. The molecule has 0 unspecified atom stereocenters. The van der Waals surface area contributed by atoms with Crippen LogP contribution < -0.4 is 0 Å². The topological polar surface area (TPSA) is 50.2 Å². The van der Waals surface area contributed by atoms with Crippen molar-refractivity contribution < 1.29 is 9.90 Å². The Bertz CT molecular complexity index is 321. The fraction of sp³-hybridized carbons (Fsp3) is 0.400. The van der Waals surface area contributed by atoms with Crippen molar-refractivity contribution in [3.63, 3.8) is 0 Å². The van der Waals surface area contributed by atoms with E-state index in [0.717, 1.165) is 17.5 Å². The molecule has 0 aromatic carbocycles. The molecule has 0 aliphatic heterocycles. The Morgan fingerprint density at radius 3 is 2.62 bits per heavy atom. The molecule has 0 radical (unpaired) electrons. The van der Waals surface area contributed by atoms with E-state index in [4.69, 9.17) is 5.11 Å². The van der Waals surface area contributed by atoms with Gasteiger partial charge in [0.1, 0.15) is 0 Å². The van der Waals surface area contributed by atoms with Crippen molar-refractivity contribution >= 4 is 5.97 Å². The number of aryl methyl sites for hydroxylation is 2. The van der Waals surface area contributed by atoms with Crippen LogP contribution in [0.2, 0.25) is 0 Å². The van der Waals surface area contributed by atoms with E-state index in [-0.39, 0.29) is 5.69 Å². The molecule has 0 bridgehead atoms. The summed E-state index contributed by atoms with van der Waals surface area (Å²) in [5.41, 5.74) is 2.08. The molecule has 13 heavy (non-hydrogen) atoms. The summed E-state index contributed by atoms with van der Waals surface area (Å²) in [7, 11) is 0. The number of aromatic carboxylic acids is 1. The third-order valence-corrected chi connectivity index (χ3v) is 2.01. The minimum absolute atomic E-state index is 0.180. The van der Waals surface area contributed by atoms with Crippen molar-refractivity contribution in [1.29, 1.82) is 0 Å². The van der Waals surface area contributed by atoms with E-state index in [1.807, 2.05) is 19.9 Å². The number of carboxylic acid groups (broad SMARTS) is 1. The zero-order chi connectivity index (χ0) is 9.84. The fourth-order valence-corrected chi connectivity index (χ4v) is 1.22. The monoisotopic (exact) mass is 179 g/mol. The Kier molecular flexibility index (Phi) is 3.01. The third-order valence-electron chi connectivity index (χ3n) is 2.01.